The van der Waals surface area contributed by atoms with Crippen LogP contribution in [-0.4, -0.2) is 35.9 Å². The Kier molecular flexibility index (Phi) is 3.80. The standard InChI is InChI=1S/C15H17N3OS/c1-18-9-12(11-5-3-2-4-6-11)13(10-18)14(19)17-15-16-7-8-20-15/h2-8,12-13H,9-10H2,1H3,(H,16,17,19)/t12-,13+/m1/s1. The molecule has 2 aromatic rings. The molecule has 1 aliphatic heterocycles. The molecule has 0 spiro atoms. The number of likely N-dealkylation sites (N-methyl/N-ethyl adjacent to an activating group) is 1. The molecular weight excluding hydrogens is 270 g/mol. The van der Waals surface area contributed by atoms with Crippen molar-refractivity contribution in [2.24, 2.45) is 5.92 Å². The third-order valence-corrected chi connectivity index (χ3v) is 4.42. The van der Waals surface area contributed by atoms with Gasteiger partial charge < -0.3 is 10.2 Å². The van der Waals surface area contributed by atoms with Crippen molar-refractivity contribution < 1.29 is 4.79 Å². The van der Waals surface area contributed by atoms with Gasteiger partial charge in [0.1, 0.15) is 0 Å². The first-order valence-corrected chi connectivity index (χ1v) is 7.56. The number of hydrogen-bond acceptors (Lipinski definition) is 4. The second-order valence-electron chi connectivity index (χ2n) is 5.17. The van der Waals surface area contributed by atoms with Gasteiger partial charge in [-0.2, -0.15) is 0 Å². The second kappa shape index (κ2) is 5.73. The smallest absolute Gasteiger partial charge is 0.231 e. The van der Waals surface area contributed by atoms with Gasteiger partial charge in [0.05, 0.1) is 5.92 Å². The fraction of sp³-hybridized carbons (Fsp3) is 0.333. The molecule has 3 rings (SSSR count). The maximum absolute atomic E-state index is 12.5. The van der Waals surface area contributed by atoms with Crippen LogP contribution in [0.5, 0.6) is 0 Å². The lowest BCUT2D eigenvalue weighted by molar-refractivity contribution is -0.119. The topological polar surface area (TPSA) is 45.2 Å². The van der Waals surface area contributed by atoms with E-state index in [9.17, 15) is 4.79 Å². The zero-order valence-electron chi connectivity index (χ0n) is 11.3. The van der Waals surface area contributed by atoms with E-state index in [4.69, 9.17) is 0 Å². The highest BCUT2D eigenvalue weighted by Crippen LogP contribution is 2.32. The van der Waals surface area contributed by atoms with Gasteiger partial charge in [-0.05, 0) is 12.6 Å². The van der Waals surface area contributed by atoms with E-state index in [-0.39, 0.29) is 17.7 Å². The predicted octanol–water partition coefficient (Wildman–Crippen LogP) is 2.43. The molecule has 1 aromatic heterocycles. The van der Waals surface area contributed by atoms with Crippen LogP contribution in [0.4, 0.5) is 5.13 Å². The zero-order chi connectivity index (χ0) is 13.9. The van der Waals surface area contributed by atoms with Gasteiger partial charge in [-0.1, -0.05) is 30.3 Å². The molecule has 1 aliphatic rings. The summed E-state index contributed by atoms with van der Waals surface area (Å²) in [4.78, 5) is 18.8. The van der Waals surface area contributed by atoms with Crippen molar-refractivity contribution >= 4 is 22.4 Å². The summed E-state index contributed by atoms with van der Waals surface area (Å²) in [7, 11) is 2.06. The van der Waals surface area contributed by atoms with Crippen molar-refractivity contribution in [3.8, 4) is 0 Å². The molecule has 1 N–H and O–H groups in total. The van der Waals surface area contributed by atoms with Crippen LogP contribution in [0.1, 0.15) is 11.5 Å². The van der Waals surface area contributed by atoms with Crippen LogP contribution in [-0.2, 0) is 4.79 Å². The first-order chi connectivity index (χ1) is 9.74. The van der Waals surface area contributed by atoms with Crippen LogP contribution in [0.3, 0.4) is 0 Å². The number of hydrogen-bond donors (Lipinski definition) is 1. The molecule has 0 saturated carbocycles. The molecule has 1 fully saturated rings. The minimum Gasteiger partial charge on any atom is -0.305 e. The molecule has 0 radical (unpaired) electrons. The Labute approximate surface area is 122 Å². The van der Waals surface area contributed by atoms with E-state index in [0.717, 1.165) is 13.1 Å². The number of carbonyl (C=O) groups excluding carboxylic acids is 1. The number of rotatable bonds is 3. The van der Waals surface area contributed by atoms with Crippen LogP contribution in [0.15, 0.2) is 41.9 Å². The van der Waals surface area contributed by atoms with Crippen molar-refractivity contribution in [3.63, 3.8) is 0 Å². The van der Waals surface area contributed by atoms with E-state index >= 15 is 0 Å². The Morgan fingerprint density at radius 1 is 1.35 bits per heavy atom. The Bertz CT molecular complexity index is 570. The van der Waals surface area contributed by atoms with E-state index in [1.165, 1.54) is 16.9 Å². The zero-order valence-corrected chi connectivity index (χ0v) is 12.1. The van der Waals surface area contributed by atoms with E-state index < -0.39 is 0 Å². The summed E-state index contributed by atoms with van der Waals surface area (Å²) in [5.41, 5.74) is 1.23. The van der Waals surface area contributed by atoms with Crippen molar-refractivity contribution in [1.82, 2.24) is 9.88 Å². The minimum atomic E-state index is -0.0219. The Hall–Kier alpha value is -1.72. The third kappa shape index (κ3) is 2.73. The van der Waals surface area contributed by atoms with Gasteiger partial charge in [0.2, 0.25) is 5.91 Å². The lowest BCUT2D eigenvalue weighted by Gasteiger charge is -2.17. The molecule has 0 bridgehead atoms. The highest BCUT2D eigenvalue weighted by molar-refractivity contribution is 7.13. The maximum atomic E-state index is 12.5. The number of thiazole rings is 1. The fourth-order valence-electron chi connectivity index (χ4n) is 2.79. The monoisotopic (exact) mass is 287 g/mol. The molecule has 1 saturated heterocycles. The average Bonchev–Trinajstić information content (AvgIpc) is 3.09. The Balaban J connectivity index is 1.78. The van der Waals surface area contributed by atoms with Crippen LogP contribution in [0.2, 0.25) is 0 Å². The Morgan fingerprint density at radius 3 is 2.85 bits per heavy atom. The third-order valence-electron chi connectivity index (χ3n) is 3.73. The SMILES string of the molecule is CN1C[C@H](C(=O)Nc2nccs2)[C@@H](c2ccccc2)C1. The van der Waals surface area contributed by atoms with Crippen LogP contribution in [0, 0.1) is 5.92 Å². The summed E-state index contributed by atoms with van der Waals surface area (Å²) >= 11 is 1.45. The van der Waals surface area contributed by atoms with Gasteiger partial charge in [0, 0.05) is 30.6 Å². The molecular formula is C15H17N3OS. The number of nitrogens with one attached hydrogen (secondary N) is 1. The van der Waals surface area contributed by atoms with Crippen molar-refractivity contribution in [2.45, 2.75) is 5.92 Å². The number of aromatic nitrogens is 1. The van der Waals surface area contributed by atoms with E-state index in [1.807, 2.05) is 23.6 Å². The van der Waals surface area contributed by atoms with E-state index in [1.54, 1.807) is 6.20 Å². The highest BCUT2D eigenvalue weighted by atomic mass is 32.1. The number of carbonyl (C=O) groups is 1. The van der Waals surface area contributed by atoms with E-state index in [2.05, 4.69) is 34.4 Å². The summed E-state index contributed by atoms with van der Waals surface area (Å²) < 4.78 is 0. The van der Waals surface area contributed by atoms with Crippen LogP contribution in [0.25, 0.3) is 0 Å². The second-order valence-corrected chi connectivity index (χ2v) is 6.07. The molecule has 0 aliphatic carbocycles. The van der Waals surface area contributed by atoms with Gasteiger partial charge in [0.25, 0.3) is 0 Å². The molecule has 1 aromatic carbocycles. The summed E-state index contributed by atoms with van der Waals surface area (Å²) in [5, 5.41) is 5.47. The quantitative estimate of drug-likeness (QED) is 0.943. The lowest BCUT2D eigenvalue weighted by atomic mass is 9.88. The number of nitrogens with zero attached hydrogens (tertiary/aromatic N) is 2. The van der Waals surface area contributed by atoms with Crippen molar-refractivity contribution in [2.75, 3.05) is 25.5 Å². The predicted molar refractivity (Wildman–Crippen MR) is 80.9 cm³/mol. The number of benzene rings is 1. The van der Waals surface area contributed by atoms with Gasteiger partial charge in [-0.25, -0.2) is 4.98 Å². The number of likely N-dealkylation sites (tertiary alicyclic amines) is 1. The van der Waals surface area contributed by atoms with Gasteiger partial charge >= 0.3 is 0 Å². The summed E-state index contributed by atoms with van der Waals surface area (Å²) in [6.07, 6.45) is 1.70. The highest BCUT2D eigenvalue weighted by Gasteiger charge is 2.37. The molecule has 2 atom stereocenters. The fourth-order valence-corrected chi connectivity index (χ4v) is 3.32. The maximum Gasteiger partial charge on any atom is 0.231 e. The molecule has 104 valence electrons. The summed E-state index contributed by atoms with van der Waals surface area (Å²) in [6, 6.07) is 10.3. The van der Waals surface area contributed by atoms with Crippen LogP contribution < -0.4 is 5.32 Å². The first-order valence-electron chi connectivity index (χ1n) is 6.68. The summed E-state index contributed by atoms with van der Waals surface area (Å²) in [6.45, 7) is 1.71. The molecule has 2 heterocycles. The molecule has 4 nitrogen and oxygen atoms in total. The lowest BCUT2D eigenvalue weighted by Crippen LogP contribution is -2.28. The molecule has 0 unspecified atom stereocenters. The average molecular weight is 287 g/mol. The van der Waals surface area contributed by atoms with Gasteiger partial charge in [0.15, 0.2) is 5.13 Å². The number of anilines is 1. The van der Waals surface area contributed by atoms with Gasteiger partial charge in [-0.15, -0.1) is 11.3 Å². The van der Waals surface area contributed by atoms with Gasteiger partial charge in [-0.3, -0.25) is 4.79 Å². The molecule has 5 heteroatoms. The summed E-state index contributed by atoms with van der Waals surface area (Å²) in [5.74, 6) is 0.297. The first kappa shape index (κ1) is 13.3. The molecule has 20 heavy (non-hydrogen) atoms. The van der Waals surface area contributed by atoms with Crippen molar-refractivity contribution in [1.29, 1.82) is 0 Å². The molecule has 1 amide bonds. The van der Waals surface area contributed by atoms with E-state index in [0.29, 0.717) is 5.13 Å². The normalized spacial score (nSPS) is 22.9. The largest absolute Gasteiger partial charge is 0.305 e. The number of amides is 1. The van der Waals surface area contributed by atoms with Crippen molar-refractivity contribution in [3.05, 3.63) is 47.5 Å². The minimum absolute atomic E-state index is 0.0219. The van der Waals surface area contributed by atoms with Crippen LogP contribution >= 0.6 is 11.3 Å². The Morgan fingerprint density at radius 2 is 2.15 bits per heavy atom.